The van der Waals surface area contributed by atoms with E-state index in [1.807, 2.05) is 12.2 Å². The molecule has 3 nitrogen and oxygen atoms in total. The Morgan fingerprint density at radius 1 is 1.50 bits per heavy atom. The third-order valence-corrected chi connectivity index (χ3v) is 1.92. The number of halogens is 1. The van der Waals surface area contributed by atoms with Gasteiger partial charge >= 0.3 is 0 Å². The summed E-state index contributed by atoms with van der Waals surface area (Å²) in [5, 5.41) is 0.245. The number of methoxy groups -OCH3 is 1. The molecule has 0 aliphatic heterocycles. The van der Waals surface area contributed by atoms with Crippen LogP contribution in [0.3, 0.4) is 0 Å². The van der Waals surface area contributed by atoms with Gasteiger partial charge in [-0.1, -0.05) is 12.2 Å². The molecule has 1 aliphatic carbocycles. The minimum absolute atomic E-state index is 0.245. The van der Waals surface area contributed by atoms with E-state index in [1.165, 1.54) is 0 Å². The number of hydrogen-bond donors (Lipinski definition) is 0. The molecule has 0 amide bonds. The van der Waals surface area contributed by atoms with E-state index in [-0.39, 0.29) is 5.28 Å². The van der Waals surface area contributed by atoms with E-state index in [0.29, 0.717) is 5.88 Å². The monoisotopic (exact) mass is 182 g/mol. The predicted molar refractivity (Wildman–Crippen MR) is 46.3 cm³/mol. The number of nitrogens with zero attached hydrogens (tertiary/aromatic N) is 2. The maximum atomic E-state index is 5.68. The zero-order chi connectivity index (χ0) is 8.55. The summed E-state index contributed by atoms with van der Waals surface area (Å²) in [5.74, 6) is 0.554. The first kappa shape index (κ1) is 7.55. The first-order chi connectivity index (χ1) is 5.81. The SMILES string of the molecule is COc1nc(Cl)nc2c1C=CC2. The Balaban J connectivity index is 2.60. The van der Waals surface area contributed by atoms with Crippen molar-refractivity contribution in [1.82, 2.24) is 9.97 Å². The molecule has 62 valence electrons. The first-order valence-corrected chi connectivity index (χ1v) is 3.96. The van der Waals surface area contributed by atoms with Gasteiger partial charge in [0, 0.05) is 6.42 Å². The fraction of sp³-hybridized carbons (Fsp3) is 0.250. The molecule has 0 fully saturated rings. The van der Waals surface area contributed by atoms with Crippen LogP contribution in [0.5, 0.6) is 5.88 Å². The number of hydrogen-bond acceptors (Lipinski definition) is 3. The number of aromatic nitrogens is 2. The first-order valence-electron chi connectivity index (χ1n) is 3.58. The van der Waals surface area contributed by atoms with Gasteiger partial charge in [0.2, 0.25) is 11.2 Å². The van der Waals surface area contributed by atoms with E-state index in [9.17, 15) is 0 Å². The van der Waals surface area contributed by atoms with Crippen molar-refractivity contribution in [3.63, 3.8) is 0 Å². The van der Waals surface area contributed by atoms with Crippen LogP contribution >= 0.6 is 11.6 Å². The third kappa shape index (κ3) is 1.06. The molecule has 0 bridgehead atoms. The Kier molecular flexibility index (Phi) is 1.73. The topological polar surface area (TPSA) is 35.0 Å². The lowest BCUT2D eigenvalue weighted by molar-refractivity contribution is 0.395. The molecule has 0 saturated heterocycles. The fourth-order valence-corrected chi connectivity index (χ4v) is 1.41. The van der Waals surface area contributed by atoms with E-state index in [0.717, 1.165) is 17.7 Å². The van der Waals surface area contributed by atoms with Crippen molar-refractivity contribution in [2.75, 3.05) is 7.11 Å². The van der Waals surface area contributed by atoms with Crippen LogP contribution in [0, 0.1) is 0 Å². The van der Waals surface area contributed by atoms with Crippen molar-refractivity contribution in [2.24, 2.45) is 0 Å². The van der Waals surface area contributed by atoms with Gasteiger partial charge in [-0.15, -0.1) is 0 Å². The third-order valence-electron chi connectivity index (χ3n) is 1.75. The second-order valence-corrected chi connectivity index (χ2v) is 2.81. The smallest absolute Gasteiger partial charge is 0.225 e. The Labute approximate surface area is 75.1 Å². The highest BCUT2D eigenvalue weighted by Gasteiger charge is 2.14. The maximum Gasteiger partial charge on any atom is 0.225 e. The van der Waals surface area contributed by atoms with Crippen molar-refractivity contribution < 1.29 is 4.74 Å². The number of rotatable bonds is 1. The number of allylic oxidation sites excluding steroid dienone is 1. The van der Waals surface area contributed by atoms with Gasteiger partial charge in [-0.25, -0.2) is 4.98 Å². The molecule has 1 heterocycles. The minimum Gasteiger partial charge on any atom is -0.480 e. The van der Waals surface area contributed by atoms with Crippen LogP contribution in [0.15, 0.2) is 6.08 Å². The lowest BCUT2D eigenvalue weighted by atomic mass is 10.3. The summed E-state index contributed by atoms with van der Waals surface area (Å²) in [6.07, 6.45) is 4.77. The van der Waals surface area contributed by atoms with Gasteiger partial charge in [0.05, 0.1) is 18.4 Å². The van der Waals surface area contributed by atoms with Crippen LogP contribution in [-0.4, -0.2) is 17.1 Å². The molecule has 1 aliphatic rings. The van der Waals surface area contributed by atoms with Crippen LogP contribution in [0.4, 0.5) is 0 Å². The van der Waals surface area contributed by atoms with Crippen LogP contribution in [0.1, 0.15) is 11.3 Å². The average molecular weight is 183 g/mol. The van der Waals surface area contributed by atoms with Crippen LogP contribution < -0.4 is 4.74 Å². The molecule has 0 unspecified atom stereocenters. The quantitative estimate of drug-likeness (QED) is 0.621. The molecule has 0 radical (unpaired) electrons. The maximum absolute atomic E-state index is 5.68. The van der Waals surface area contributed by atoms with Gasteiger partial charge in [0.15, 0.2) is 0 Å². The average Bonchev–Trinajstić information content (AvgIpc) is 2.50. The highest BCUT2D eigenvalue weighted by molar-refractivity contribution is 6.28. The lowest BCUT2D eigenvalue weighted by Crippen LogP contribution is -1.97. The molecule has 1 aromatic rings. The molecule has 0 N–H and O–H groups in total. The van der Waals surface area contributed by atoms with Gasteiger partial charge in [0.25, 0.3) is 0 Å². The predicted octanol–water partition coefficient (Wildman–Crippen LogP) is 1.71. The molecular formula is C8H7ClN2O. The number of fused-ring (bicyclic) bond motifs is 1. The van der Waals surface area contributed by atoms with E-state index in [2.05, 4.69) is 9.97 Å². The van der Waals surface area contributed by atoms with Gasteiger partial charge in [-0.2, -0.15) is 4.98 Å². The van der Waals surface area contributed by atoms with Gasteiger partial charge in [-0.3, -0.25) is 0 Å². The summed E-state index contributed by atoms with van der Waals surface area (Å²) < 4.78 is 5.05. The van der Waals surface area contributed by atoms with E-state index >= 15 is 0 Å². The summed E-state index contributed by atoms with van der Waals surface area (Å²) in [4.78, 5) is 8.02. The molecule has 12 heavy (non-hydrogen) atoms. The minimum atomic E-state index is 0.245. The second kappa shape index (κ2) is 2.75. The normalized spacial score (nSPS) is 13.2. The van der Waals surface area contributed by atoms with E-state index in [1.54, 1.807) is 7.11 Å². The molecule has 0 aromatic carbocycles. The van der Waals surface area contributed by atoms with Crippen molar-refractivity contribution in [3.8, 4) is 5.88 Å². The van der Waals surface area contributed by atoms with Crippen LogP contribution in [-0.2, 0) is 6.42 Å². The second-order valence-electron chi connectivity index (χ2n) is 2.47. The summed E-state index contributed by atoms with van der Waals surface area (Å²) in [6.45, 7) is 0. The Morgan fingerprint density at radius 2 is 2.33 bits per heavy atom. The van der Waals surface area contributed by atoms with Gasteiger partial charge in [0.1, 0.15) is 0 Å². The zero-order valence-corrected chi connectivity index (χ0v) is 7.30. The Morgan fingerprint density at radius 3 is 3.08 bits per heavy atom. The molecule has 0 saturated carbocycles. The van der Waals surface area contributed by atoms with Crippen LogP contribution in [0.25, 0.3) is 6.08 Å². The largest absolute Gasteiger partial charge is 0.480 e. The fourth-order valence-electron chi connectivity index (χ4n) is 1.23. The van der Waals surface area contributed by atoms with Gasteiger partial charge < -0.3 is 4.74 Å². The zero-order valence-electron chi connectivity index (χ0n) is 6.54. The summed E-state index contributed by atoms with van der Waals surface area (Å²) in [7, 11) is 1.57. The van der Waals surface area contributed by atoms with Crippen LogP contribution in [0.2, 0.25) is 5.28 Å². The molecule has 0 spiro atoms. The van der Waals surface area contributed by atoms with Gasteiger partial charge in [-0.05, 0) is 11.6 Å². The van der Waals surface area contributed by atoms with Crippen molar-refractivity contribution >= 4 is 17.7 Å². The Bertz CT molecular complexity index is 349. The van der Waals surface area contributed by atoms with Crippen molar-refractivity contribution in [2.45, 2.75) is 6.42 Å². The summed E-state index contributed by atoms with van der Waals surface area (Å²) in [6, 6.07) is 0. The van der Waals surface area contributed by atoms with E-state index in [4.69, 9.17) is 16.3 Å². The standard InChI is InChI=1S/C8H7ClN2O/c1-12-7-5-3-2-4-6(5)10-8(9)11-7/h2-3H,4H2,1H3. The molecule has 1 aromatic heterocycles. The molecule has 2 rings (SSSR count). The number of ether oxygens (including phenoxy) is 1. The van der Waals surface area contributed by atoms with E-state index < -0.39 is 0 Å². The molecular weight excluding hydrogens is 176 g/mol. The van der Waals surface area contributed by atoms with Crippen molar-refractivity contribution in [1.29, 1.82) is 0 Å². The Hall–Kier alpha value is -1.09. The molecule has 4 heteroatoms. The molecule has 0 atom stereocenters. The lowest BCUT2D eigenvalue weighted by Gasteiger charge is -2.04. The highest BCUT2D eigenvalue weighted by atomic mass is 35.5. The summed E-state index contributed by atoms with van der Waals surface area (Å²) >= 11 is 5.68. The summed E-state index contributed by atoms with van der Waals surface area (Å²) in [5.41, 5.74) is 1.88. The van der Waals surface area contributed by atoms with Crippen molar-refractivity contribution in [3.05, 3.63) is 22.6 Å². The highest BCUT2D eigenvalue weighted by Crippen LogP contribution is 2.26.